The summed E-state index contributed by atoms with van der Waals surface area (Å²) in [5, 5.41) is 3.33. The standard InChI is InChI=1S/C14H31N3/c1-12(2)8-17-9-13(7-15-5)16(6)10-14(3,4)11-17/h12-13,15H,7-11H2,1-6H3. The van der Waals surface area contributed by atoms with Gasteiger partial charge in [0.25, 0.3) is 0 Å². The highest BCUT2D eigenvalue weighted by molar-refractivity contribution is 4.87. The molecule has 0 bridgehead atoms. The zero-order valence-corrected chi connectivity index (χ0v) is 12.6. The van der Waals surface area contributed by atoms with E-state index in [2.05, 4.69) is 56.9 Å². The molecule has 17 heavy (non-hydrogen) atoms. The summed E-state index contributed by atoms with van der Waals surface area (Å²) in [6, 6.07) is 0.639. The molecule has 1 N–H and O–H groups in total. The van der Waals surface area contributed by atoms with Crippen LogP contribution >= 0.6 is 0 Å². The van der Waals surface area contributed by atoms with E-state index in [1.165, 1.54) is 26.2 Å². The molecule has 1 unspecified atom stereocenters. The number of rotatable bonds is 4. The Kier molecular flexibility index (Phi) is 5.42. The van der Waals surface area contributed by atoms with Gasteiger partial charge < -0.3 is 15.1 Å². The second-order valence-electron chi connectivity index (χ2n) is 6.88. The maximum Gasteiger partial charge on any atom is 0.0344 e. The summed E-state index contributed by atoms with van der Waals surface area (Å²) in [5.41, 5.74) is 0.395. The van der Waals surface area contributed by atoms with Gasteiger partial charge in [-0.2, -0.15) is 0 Å². The van der Waals surface area contributed by atoms with Gasteiger partial charge in [-0.25, -0.2) is 0 Å². The van der Waals surface area contributed by atoms with Crippen molar-refractivity contribution in [1.29, 1.82) is 0 Å². The van der Waals surface area contributed by atoms with Crippen LogP contribution in [0.2, 0.25) is 0 Å². The van der Waals surface area contributed by atoms with Gasteiger partial charge in [-0.05, 0) is 25.4 Å². The summed E-state index contributed by atoms with van der Waals surface area (Å²) in [6.45, 7) is 15.3. The minimum Gasteiger partial charge on any atom is -0.318 e. The molecule has 1 atom stereocenters. The molecule has 102 valence electrons. The SMILES string of the molecule is CNCC1CN(CC(C)C)CC(C)(C)CN1C. The minimum absolute atomic E-state index is 0.395. The van der Waals surface area contributed by atoms with E-state index in [0.29, 0.717) is 11.5 Å². The molecule has 0 saturated carbocycles. The van der Waals surface area contributed by atoms with Gasteiger partial charge in [0.1, 0.15) is 0 Å². The lowest BCUT2D eigenvalue weighted by Crippen LogP contribution is -2.45. The van der Waals surface area contributed by atoms with Crippen LogP contribution in [0.3, 0.4) is 0 Å². The molecular weight excluding hydrogens is 210 g/mol. The molecule has 1 fully saturated rings. The highest BCUT2D eigenvalue weighted by Gasteiger charge is 2.31. The van der Waals surface area contributed by atoms with Gasteiger partial charge in [0.15, 0.2) is 0 Å². The summed E-state index contributed by atoms with van der Waals surface area (Å²) in [6.07, 6.45) is 0. The van der Waals surface area contributed by atoms with Crippen LogP contribution in [0.1, 0.15) is 27.7 Å². The predicted molar refractivity (Wildman–Crippen MR) is 75.4 cm³/mol. The average molecular weight is 241 g/mol. The lowest BCUT2D eigenvalue weighted by Gasteiger charge is -2.30. The molecule has 0 spiro atoms. The van der Waals surface area contributed by atoms with Gasteiger partial charge in [-0.15, -0.1) is 0 Å². The largest absolute Gasteiger partial charge is 0.318 e. The molecule has 1 aliphatic rings. The van der Waals surface area contributed by atoms with E-state index in [1.807, 2.05) is 0 Å². The predicted octanol–water partition coefficient (Wildman–Crippen LogP) is 1.50. The Bertz CT molecular complexity index is 226. The third-order valence-corrected chi connectivity index (χ3v) is 3.48. The van der Waals surface area contributed by atoms with E-state index in [0.717, 1.165) is 12.5 Å². The minimum atomic E-state index is 0.395. The van der Waals surface area contributed by atoms with Crippen molar-refractivity contribution in [2.24, 2.45) is 11.3 Å². The lowest BCUT2D eigenvalue weighted by molar-refractivity contribution is 0.182. The lowest BCUT2D eigenvalue weighted by atomic mass is 9.92. The molecule has 0 amide bonds. The second-order valence-corrected chi connectivity index (χ2v) is 6.88. The fourth-order valence-electron chi connectivity index (χ4n) is 3.07. The number of hydrogen-bond acceptors (Lipinski definition) is 3. The van der Waals surface area contributed by atoms with E-state index in [9.17, 15) is 0 Å². The Balaban J connectivity index is 2.71. The van der Waals surface area contributed by atoms with Crippen LogP contribution in [0.25, 0.3) is 0 Å². The van der Waals surface area contributed by atoms with Crippen molar-refractivity contribution in [3.8, 4) is 0 Å². The van der Waals surface area contributed by atoms with Crippen LogP contribution in [0.5, 0.6) is 0 Å². The van der Waals surface area contributed by atoms with Crippen LogP contribution in [0.15, 0.2) is 0 Å². The first-order chi connectivity index (χ1) is 7.84. The summed E-state index contributed by atoms with van der Waals surface area (Å²) in [5.74, 6) is 0.754. The normalized spacial score (nSPS) is 27.4. The first-order valence-electron chi connectivity index (χ1n) is 6.91. The average Bonchev–Trinajstić information content (AvgIpc) is 2.22. The van der Waals surface area contributed by atoms with E-state index >= 15 is 0 Å². The van der Waals surface area contributed by atoms with Gasteiger partial charge >= 0.3 is 0 Å². The van der Waals surface area contributed by atoms with Crippen molar-refractivity contribution < 1.29 is 0 Å². The number of hydrogen-bond donors (Lipinski definition) is 1. The van der Waals surface area contributed by atoms with E-state index in [1.54, 1.807) is 0 Å². The second kappa shape index (κ2) is 6.17. The quantitative estimate of drug-likeness (QED) is 0.805. The van der Waals surface area contributed by atoms with Gasteiger partial charge in [0, 0.05) is 38.8 Å². The molecule has 0 aliphatic carbocycles. The molecule has 0 radical (unpaired) electrons. The summed E-state index contributed by atoms with van der Waals surface area (Å²) in [7, 11) is 4.32. The van der Waals surface area contributed by atoms with Crippen LogP contribution in [-0.2, 0) is 0 Å². The monoisotopic (exact) mass is 241 g/mol. The van der Waals surface area contributed by atoms with Crippen molar-refractivity contribution >= 4 is 0 Å². The van der Waals surface area contributed by atoms with E-state index in [4.69, 9.17) is 0 Å². The first-order valence-corrected chi connectivity index (χ1v) is 6.91. The Labute approximate surface area is 108 Å². The van der Waals surface area contributed by atoms with Crippen LogP contribution < -0.4 is 5.32 Å². The Morgan fingerprint density at radius 2 is 1.94 bits per heavy atom. The van der Waals surface area contributed by atoms with Crippen LogP contribution in [0, 0.1) is 11.3 Å². The van der Waals surface area contributed by atoms with E-state index < -0.39 is 0 Å². The Morgan fingerprint density at radius 1 is 1.29 bits per heavy atom. The van der Waals surface area contributed by atoms with Crippen molar-refractivity contribution in [3.63, 3.8) is 0 Å². The number of nitrogens with zero attached hydrogens (tertiary/aromatic N) is 2. The third kappa shape index (κ3) is 4.94. The zero-order valence-electron chi connectivity index (χ0n) is 12.6. The van der Waals surface area contributed by atoms with Gasteiger partial charge in [0.05, 0.1) is 0 Å². The maximum atomic E-state index is 3.33. The van der Waals surface area contributed by atoms with Crippen molar-refractivity contribution in [2.75, 3.05) is 46.8 Å². The molecule has 1 aliphatic heterocycles. The molecular formula is C14H31N3. The van der Waals surface area contributed by atoms with Gasteiger partial charge in [-0.1, -0.05) is 27.7 Å². The Hall–Kier alpha value is -0.120. The molecule has 3 nitrogen and oxygen atoms in total. The smallest absolute Gasteiger partial charge is 0.0344 e. The first kappa shape index (κ1) is 14.9. The van der Waals surface area contributed by atoms with Gasteiger partial charge in [0.2, 0.25) is 0 Å². The highest BCUT2D eigenvalue weighted by Crippen LogP contribution is 2.24. The van der Waals surface area contributed by atoms with Crippen LogP contribution in [-0.4, -0.2) is 62.7 Å². The van der Waals surface area contributed by atoms with Crippen molar-refractivity contribution in [3.05, 3.63) is 0 Å². The third-order valence-electron chi connectivity index (χ3n) is 3.48. The molecule has 0 aromatic carbocycles. The van der Waals surface area contributed by atoms with Gasteiger partial charge in [-0.3, -0.25) is 0 Å². The summed E-state index contributed by atoms with van der Waals surface area (Å²) < 4.78 is 0. The number of nitrogens with one attached hydrogen (secondary N) is 1. The Morgan fingerprint density at radius 3 is 2.47 bits per heavy atom. The molecule has 0 aromatic rings. The molecule has 1 heterocycles. The van der Waals surface area contributed by atoms with Crippen LogP contribution in [0.4, 0.5) is 0 Å². The maximum absolute atomic E-state index is 3.33. The zero-order chi connectivity index (χ0) is 13.1. The summed E-state index contributed by atoms with van der Waals surface area (Å²) in [4.78, 5) is 5.17. The fourth-order valence-corrected chi connectivity index (χ4v) is 3.07. The number of likely N-dealkylation sites (N-methyl/N-ethyl adjacent to an activating group) is 2. The molecule has 3 heteroatoms. The van der Waals surface area contributed by atoms with Crippen molar-refractivity contribution in [1.82, 2.24) is 15.1 Å². The highest BCUT2D eigenvalue weighted by atomic mass is 15.3. The molecule has 0 aromatic heterocycles. The molecule has 1 rings (SSSR count). The van der Waals surface area contributed by atoms with E-state index in [-0.39, 0.29) is 0 Å². The van der Waals surface area contributed by atoms with Crippen molar-refractivity contribution in [2.45, 2.75) is 33.7 Å². The fraction of sp³-hybridized carbons (Fsp3) is 1.00. The summed E-state index contributed by atoms with van der Waals surface area (Å²) >= 11 is 0. The molecule has 1 saturated heterocycles. The topological polar surface area (TPSA) is 18.5 Å².